The first-order valence-electron chi connectivity index (χ1n) is 7.71. The third-order valence-electron chi connectivity index (χ3n) is 3.22. The monoisotopic (exact) mass is 339 g/mol. The molecule has 3 rings (SSSR count). The summed E-state index contributed by atoms with van der Waals surface area (Å²) in [4.78, 5) is 20.4. The van der Waals surface area contributed by atoms with Gasteiger partial charge in [0.2, 0.25) is 5.95 Å². The lowest BCUT2D eigenvalue weighted by Gasteiger charge is -2.11. The van der Waals surface area contributed by atoms with Gasteiger partial charge in [-0.1, -0.05) is 17.3 Å². The number of rotatable bonds is 6. The van der Waals surface area contributed by atoms with Crippen molar-refractivity contribution in [1.82, 2.24) is 15.1 Å². The van der Waals surface area contributed by atoms with Crippen molar-refractivity contribution in [1.29, 1.82) is 0 Å². The summed E-state index contributed by atoms with van der Waals surface area (Å²) in [6, 6.07) is 9.11. The molecule has 0 aliphatic carbocycles. The Morgan fingerprint density at radius 2 is 2.00 bits per heavy atom. The average molecular weight is 339 g/mol. The number of nitrogens with one attached hydrogen (secondary N) is 2. The number of ether oxygens (including phenoxy) is 1. The van der Waals surface area contributed by atoms with E-state index < -0.39 is 0 Å². The number of anilines is 3. The minimum atomic E-state index is -0.366. The van der Waals surface area contributed by atoms with E-state index in [0.29, 0.717) is 35.4 Å². The maximum Gasteiger partial charge on any atom is 0.260 e. The molecule has 0 aliphatic heterocycles. The van der Waals surface area contributed by atoms with Crippen molar-refractivity contribution in [3.63, 3.8) is 0 Å². The summed E-state index contributed by atoms with van der Waals surface area (Å²) in [6.07, 6.45) is 2.86. The van der Waals surface area contributed by atoms with Crippen LogP contribution in [0.1, 0.15) is 23.0 Å². The Morgan fingerprint density at radius 1 is 1.24 bits per heavy atom. The molecule has 1 amide bonds. The smallest absolute Gasteiger partial charge is 0.260 e. The van der Waals surface area contributed by atoms with Crippen molar-refractivity contribution in [2.45, 2.75) is 13.8 Å². The standard InChI is InChI=1S/C17H17N5O3/c1-3-24-14-7-5-4-6-13(14)20-17-18-9-12(10-19-17)16(23)21-15-8-11(2)25-22-15/h4-10H,3H2,1-2H3,(H,18,19,20)(H,21,22,23). The number of carbonyl (C=O) groups excluding carboxylic acids is 1. The van der Waals surface area contributed by atoms with E-state index in [9.17, 15) is 4.79 Å². The Bertz CT molecular complexity index is 861. The summed E-state index contributed by atoms with van der Waals surface area (Å²) in [7, 11) is 0. The lowest BCUT2D eigenvalue weighted by Crippen LogP contribution is -2.13. The first-order chi connectivity index (χ1) is 12.2. The third kappa shape index (κ3) is 4.11. The van der Waals surface area contributed by atoms with Crippen LogP contribution in [-0.2, 0) is 0 Å². The van der Waals surface area contributed by atoms with Gasteiger partial charge >= 0.3 is 0 Å². The summed E-state index contributed by atoms with van der Waals surface area (Å²) in [5.74, 6) is 1.65. The van der Waals surface area contributed by atoms with E-state index in [1.807, 2.05) is 31.2 Å². The third-order valence-corrected chi connectivity index (χ3v) is 3.22. The van der Waals surface area contributed by atoms with E-state index in [1.165, 1.54) is 12.4 Å². The van der Waals surface area contributed by atoms with E-state index in [4.69, 9.17) is 9.26 Å². The normalized spacial score (nSPS) is 10.3. The van der Waals surface area contributed by atoms with Gasteiger partial charge in [-0.05, 0) is 26.0 Å². The summed E-state index contributed by atoms with van der Waals surface area (Å²) >= 11 is 0. The van der Waals surface area contributed by atoms with Gasteiger partial charge in [0, 0.05) is 18.5 Å². The van der Waals surface area contributed by atoms with Crippen molar-refractivity contribution in [2.24, 2.45) is 0 Å². The lowest BCUT2D eigenvalue weighted by molar-refractivity contribution is 0.102. The first kappa shape index (κ1) is 16.4. The number of hydrogen-bond donors (Lipinski definition) is 2. The molecule has 0 saturated carbocycles. The van der Waals surface area contributed by atoms with Crippen LogP contribution in [-0.4, -0.2) is 27.6 Å². The average Bonchev–Trinajstić information content (AvgIpc) is 3.02. The molecule has 0 spiro atoms. The van der Waals surface area contributed by atoms with Gasteiger partial charge in [0.15, 0.2) is 5.82 Å². The van der Waals surface area contributed by atoms with Crippen LogP contribution < -0.4 is 15.4 Å². The van der Waals surface area contributed by atoms with Crippen LogP contribution in [0.2, 0.25) is 0 Å². The molecular weight excluding hydrogens is 322 g/mol. The van der Waals surface area contributed by atoms with Gasteiger partial charge in [-0.15, -0.1) is 0 Å². The van der Waals surface area contributed by atoms with Gasteiger partial charge in [-0.2, -0.15) is 0 Å². The fourth-order valence-electron chi connectivity index (χ4n) is 2.10. The van der Waals surface area contributed by atoms with Crippen LogP contribution in [0, 0.1) is 6.92 Å². The zero-order valence-corrected chi connectivity index (χ0v) is 13.8. The van der Waals surface area contributed by atoms with Crippen molar-refractivity contribution < 1.29 is 14.1 Å². The molecule has 0 radical (unpaired) electrons. The molecule has 0 saturated heterocycles. The Balaban J connectivity index is 1.69. The largest absolute Gasteiger partial charge is 0.492 e. The van der Waals surface area contributed by atoms with Crippen molar-refractivity contribution in [3.8, 4) is 5.75 Å². The molecule has 2 heterocycles. The molecule has 0 atom stereocenters. The molecule has 8 heteroatoms. The quantitative estimate of drug-likeness (QED) is 0.711. The van der Waals surface area contributed by atoms with Gasteiger partial charge in [0.25, 0.3) is 5.91 Å². The molecule has 0 bridgehead atoms. The van der Waals surface area contributed by atoms with E-state index in [1.54, 1.807) is 13.0 Å². The fraction of sp³-hybridized carbons (Fsp3) is 0.176. The molecule has 0 aliphatic rings. The zero-order chi connectivity index (χ0) is 17.6. The maximum atomic E-state index is 12.1. The van der Waals surface area contributed by atoms with Crippen LogP contribution in [0.4, 0.5) is 17.5 Å². The molecule has 2 N–H and O–H groups in total. The Labute approximate surface area is 144 Å². The number of para-hydroxylation sites is 2. The second-order valence-electron chi connectivity index (χ2n) is 5.13. The molecule has 1 aromatic carbocycles. The summed E-state index contributed by atoms with van der Waals surface area (Å²) in [6.45, 7) is 4.21. The second-order valence-corrected chi connectivity index (χ2v) is 5.13. The van der Waals surface area contributed by atoms with Crippen LogP contribution in [0.15, 0.2) is 47.2 Å². The highest BCUT2D eigenvalue weighted by Crippen LogP contribution is 2.25. The van der Waals surface area contributed by atoms with Crippen LogP contribution in [0.3, 0.4) is 0 Å². The highest BCUT2D eigenvalue weighted by Gasteiger charge is 2.11. The van der Waals surface area contributed by atoms with E-state index >= 15 is 0 Å². The number of aryl methyl sites for hydroxylation is 1. The number of benzene rings is 1. The number of carbonyl (C=O) groups is 1. The molecule has 2 aromatic heterocycles. The molecule has 25 heavy (non-hydrogen) atoms. The Kier molecular flexibility index (Phi) is 4.89. The predicted molar refractivity (Wildman–Crippen MR) is 92.1 cm³/mol. The highest BCUT2D eigenvalue weighted by molar-refractivity contribution is 6.03. The maximum absolute atomic E-state index is 12.1. The SMILES string of the molecule is CCOc1ccccc1Nc1ncc(C(=O)Nc2cc(C)on2)cn1. The van der Waals surface area contributed by atoms with Crippen molar-refractivity contribution >= 4 is 23.4 Å². The number of nitrogens with zero attached hydrogens (tertiary/aromatic N) is 3. The predicted octanol–water partition coefficient (Wildman–Crippen LogP) is 3.17. The van der Waals surface area contributed by atoms with Crippen LogP contribution in [0.5, 0.6) is 5.75 Å². The fourth-order valence-corrected chi connectivity index (χ4v) is 2.10. The van der Waals surface area contributed by atoms with E-state index in [0.717, 1.165) is 5.69 Å². The van der Waals surface area contributed by atoms with Gasteiger partial charge in [-0.25, -0.2) is 9.97 Å². The Morgan fingerprint density at radius 3 is 2.68 bits per heavy atom. The second kappa shape index (κ2) is 7.43. The Hall–Kier alpha value is -3.42. The van der Waals surface area contributed by atoms with Crippen LogP contribution in [0.25, 0.3) is 0 Å². The van der Waals surface area contributed by atoms with Gasteiger partial charge < -0.3 is 19.9 Å². The molecule has 0 fully saturated rings. The summed E-state index contributed by atoms with van der Waals surface area (Å²) in [5, 5.41) is 9.39. The number of amides is 1. The summed E-state index contributed by atoms with van der Waals surface area (Å²) < 4.78 is 10.4. The molecule has 8 nitrogen and oxygen atoms in total. The summed E-state index contributed by atoms with van der Waals surface area (Å²) in [5.41, 5.74) is 1.06. The van der Waals surface area contributed by atoms with Gasteiger partial charge in [0.1, 0.15) is 11.5 Å². The zero-order valence-electron chi connectivity index (χ0n) is 13.8. The molecule has 128 valence electrons. The molecule has 0 unspecified atom stereocenters. The highest BCUT2D eigenvalue weighted by atomic mass is 16.5. The first-order valence-corrected chi connectivity index (χ1v) is 7.71. The topological polar surface area (TPSA) is 102 Å². The number of aromatic nitrogens is 3. The van der Waals surface area contributed by atoms with Crippen LogP contribution >= 0.6 is 0 Å². The van der Waals surface area contributed by atoms with E-state index in [2.05, 4.69) is 25.8 Å². The minimum Gasteiger partial charge on any atom is -0.492 e. The lowest BCUT2D eigenvalue weighted by atomic mass is 10.3. The molecule has 3 aromatic rings. The number of hydrogen-bond acceptors (Lipinski definition) is 7. The van der Waals surface area contributed by atoms with Gasteiger partial charge in [0.05, 0.1) is 17.9 Å². The van der Waals surface area contributed by atoms with Crippen molar-refractivity contribution in [2.75, 3.05) is 17.2 Å². The van der Waals surface area contributed by atoms with Crippen molar-refractivity contribution in [3.05, 3.63) is 54.0 Å². The van der Waals surface area contributed by atoms with Gasteiger partial charge in [-0.3, -0.25) is 4.79 Å². The minimum absolute atomic E-state index is 0.310. The van der Waals surface area contributed by atoms with E-state index in [-0.39, 0.29) is 5.91 Å². The molecular formula is C17H17N5O3.